The molecule has 3 aromatic rings. The second kappa shape index (κ2) is 10.1. The summed E-state index contributed by atoms with van der Waals surface area (Å²) in [7, 11) is 0. The zero-order valence-corrected chi connectivity index (χ0v) is 16.8. The Kier molecular flexibility index (Phi) is 7.09. The number of anilines is 1. The Morgan fingerprint density at radius 1 is 0.967 bits per heavy atom. The van der Waals surface area contributed by atoms with Crippen molar-refractivity contribution in [1.82, 2.24) is 0 Å². The zero-order chi connectivity index (χ0) is 21.2. The van der Waals surface area contributed by atoms with Crippen LogP contribution in [0.15, 0.2) is 96.1 Å². The molecule has 0 amide bonds. The molecule has 0 aromatic heterocycles. The molecule has 0 saturated heterocycles. The van der Waals surface area contributed by atoms with E-state index >= 15 is 0 Å². The average molecular weight is 400 g/mol. The number of esters is 1. The molecule has 0 fully saturated rings. The normalized spacial score (nSPS) is 11.8. The average Bonchev–Trinajstić information content (AvgIpc) is 2.81. The standard InChI is InChI=1S/C24H24N4O2/c1-2-30-23(29)22(27-21-16-10-5-11-17-21)24(18-26-28-25,19-12-6-3-7-13-19)20-14-8-4-9-15-20/h3-17,22,27H,2,18H2,1H3. The van der Waals surface area contributed by atoms with Gasteiger partial charge in [-0.1, -0.05) is 84.0 Å². The maximum Gasteiger partial charge on any atom is 0.329 e. The highest BCUT2D eigenvalue weighted by atomic mass is 16.5. The van der Waals surface area contributed by atoms with E-state index in [0.717, 1.165) is 16.8 Å². The van der Waals surface area contributed by atoms with Gasteiger partial charge in [-0.15, -0.1) is 0 Å². The molecule has 0 bridgehead atoms. The molecule has 0 aliphatic carbocycles. The summed E-state index contributed by atoms with van der Waals surface area (Å²) >= 11 is 0. The van der Waals surface area contributed by atoms with E-state index in [1.807, 2.05) is 91.0 Å². The fourth-order valence-electron chi connectivity index (χ4n) is 3.70. The smallest absolute Gasteiger partial charge is 0.329 e. The van der Waals surface area contributed by atoms with Crippen molar-refractivity contribution in [2.75, 3.05) is 18.5 Å². The largest absolute Gasteiger partial charge is 0.464 e. The van der Waals surface area contributed by atoms with Crippen molar-refractivity contribution in [2.24, 2.45) is 5.11 Å². The van der Waals surface area contributed by atoms with Gasteiger partial charge in [0, 0.05) is 17.1 Å². The lowest BCUT2D eigenvalue weighted by molar-refractivity contribution is -0.145. The molecule has 0 aliphatic rings. The number of nitrogens with zero attached hydrogens (tertiary/aromatic N) is 3. The number of nitrogens with one attached hydrogen (secondary N) is 1. The van der Waals surface area contributed by atoms with Crippen LogP contribution in [0.5, 0.6) is 0 Å². The van der Waals surface area contributed by atoms with Crippen molar-refractivity contribution in [3.05, 3.63) is 113 Å². The van der Waals surface area contributed by atoms with Gasteiger partial charge in [-0.2, -0.15) is 0 Å². The quantitative estimate of drug-likeness (QED) is 0.228. The van der Waals surface area contributed by atoms with Crippen molar-refractivity contribution in [3.63, 3.8) is 0 Å². The predicted molar refractivity (Wildman–Crippen MR) is 118 cm³/mol. The van der Waals surface area contributed by atoms with Crippen molar-refractivity contribution in [2.45, 2.75) is 18.4 Å². The number of hydrogen-bond donors (Lipinski definition) is 1. The summed E-state index contributed by atoms with van der Waals surface area (Å²) in [6.45, 7) is 2.06. The SMILES string of the molecule is CCOC(=O)C(Nc1ccccc1)C(CN=[N+]=[N-])(c1ccccc1)c1ccccc1. The zero-order valence-electron chi connectivity index (χ0n) is 16.8. The summed E-state index contributed by atoms with van der Waals surface area (Å²) in [5.74, 6) is -0.415. The molecular formula is C24H24N4O2. The fraction of sp³-hybridized carbons (Fsp3) is 0.208. The third kappa shape index (κ3) is 4.45. The molecule has 0 aliphatic heterocycles. The lowest BCUT2D eigenvalue weighted by Crippen LogP contribution is -2.53. The first-order valence-corrected chi connectivity index (χ1v) is 9.82. The summed E-state index contributed by atoms with van der Waals surface area (Å²) in [5, 5.41) is 7.29. The minimum Gasteiger partial charge on any atom is -0.464 e. The van der Waals surface area contributed by atoms with Crippen molar-refractivity contribution in [3.8, 4) is 0 Å². The van der Waals surface area contributed by atoms with Crippen molar-refractivity contribution < 1.29 is 9.53 Å². The summed E-state index contributed by atoms with van der Waals surface area (Å²) in [4.78, 5) is 16.3. The van der Waals surface area contributed by atoms with Crippen LogP contribution in [0.25, 0.3) is 10.4 Å². The monoisotopic (exact) mass is 400 g/mol. The molecule has 30 heavy (non-hydrogen) atoms. The second-order valence-electron chi connectivity index (χ2n) is 6.79. The second-order valence-corrected chi connectivity index (χ2v) is 6.79. The number of ether oxygens (including phenoxy) is 1. The maximum atomic E-state index is 13.3. The minimum atomic E-state index is -0.975. The molecule has 1 unspecified atom stereocenters. The van der Waals surface area contributed by atoms with E-state index in [2.05, 4.69) is 15.3 Å². The van der Waals surface area contributed by atoms with Gasteiger partial charge < -0.3 is 10.1 Å². The van der Waals surface area contributed by atoms with Gasteiger partial charge in [0.15, 0.2) is 0 Å². The highest BCUT2D eigenvalue weighted by molar-refractivity contribution is 5.83. The molecule has 6 heteroatoms. The number of carbonyl (C=O) groups is 1. The molecule has 0 spiro atoms. The molecule has 0 saturated carbocycles. The molecule has 152 valence electrons. The van der Waals surface area contributed by atoms with Crippen molar-refractivity contribution >= 4 is 11.7 Å². The number of carbonyl (C=O) groups excluding carboxylic acids is 1. The third-order valence-electron chi connectivity index (χ3n) is 5.06. The molecular weight excluding hydrogens is 376 g/mol. The first kappa shape index (κ1) is 21.0. The van der Waals surface area contributed by atoms with Gasteiger partial charge in [0.25, 0.3) is 0 Å². The van der Waals surface area contributed by atoms with Crippen LogP contribution < -0.4 is 5.32 Å². The minimum absolute atomic E-state index is 0.0425. The first-order chi connectivity index (χ1) is 14.7. The number of rotatable bonds is 9. The Balaban J connectivity index is 2.27. The lowest BCUT2D eigenvalue weighted by Gasteiger charge is -2.40. The van der Waals surface area contributed by atoms with Crippen LogP contribution in [-0.4, -0.2) is 25.2 Å². The summed E-state index contributed by atoms with van der Waals surface area (Å²) in [5.41, 5.74) is 10.7. The van der Waals surface area contributed by atoms with E-state index in [1.165, 1.54) is 0 Å². The van der Waals surface area contributed by atoms with Crippen LogP contribution in [0.3, 0.4) is 0 Å². The highest BCUT2D eigenvalue weighted by Crippen LogP contribution is 2.38. The summed E-state index contributed by atoms with van der Waals surface area (Å²) in [6, 6.07) is 27.9. The number of azide groups is 1. The Bertz CT molecular complexity index is 948. The van der Waals surface area contributed by atoms with Crippen LogP contribution in [0.2, 0.25) is 0 Å². The molecule has 1 atom stereocenters. The van der Waals surface area contributed by atoms with E-state index in [9.17, 15) is 4.79 Å². The number of para-hydroxylation sites is 1. The van der Waals surface area contributed by atoms with Gasteiger partial charge >= 0.3 is 5.97 Å². The van der Waals surface area contributed by atoms with Gasteiger partial charge in [-0.05, 0) is 35.7 Å². The van der Waals surface area contributed by atoms with Gasteiger partial charge in [-0.3, -0.25) is 0 Å². The van der Waals surface area contributed by atoms with Crippen LogP contribution in [0.4, 0.5) is 5.69 Å². The first-order valence-electron chi connectivity index (χ1n) is 9.82. The van der Waals surface area contributed by atoms with Crippen molar-refractivity contribution in [1.29, 1.82) is 0 Å². The molecule has 0 radical (unpaired) electrons. The highest BCUT2D eigenvalue weighted by Gasteiger charge is 2.46. The van der Waals surface area contributed by atoms with Gasteiger partial charge in [0.05, 0.1) is 12.0 Å². The Morgan fingerprint density at radius 3 is 1.93 bits per heavy atom. The number of benzene rings is 3. The van der Waals surface area contributed by atoms with Gasteiger partial charge in [0.1, 0.15) is 6.04 Å². The van der Waals surface area contributed by atoms with E-state index < -0.39 is 17.4 Å². The summed E-state index contributed by atoms with van der Waals surface area (Å²) in [6.07, 6.45) is 0. The van der Waals surface area contributed by atoms with E-state index in [-0.39, 0.29) is 13.2 Å². The summed E-state index contributed by atoms with van der Waals surface area (Å²) < 4.78 is 5.47. The molecule has 6 nitrogen and oxygen atoms in total. The maximum absolute atomic E-state index is 13.3. The Hall–Kier alpha value is -3.76. The topological polar surface area (TPSA) is 87.1 Å². The molecule has 1 N–H and O–H groups in total. The molecule has 3 rings (SSSR count). The van der Waals surface area contributed by atoms with Gasteiger partial charge in [-0.25, -0.2) is 4.79 Å². The Morgan fingerprint density at radius 2 is 1.47 bits per heavy atom. The molecule has 0 heterocycles. The van der Waals surface area contributed by atoms with Crippen LogP contribution >= 0.6 is 0 Å². The lowest BCUT2D eigenvalue weighted by atomic mass is 9.68. The van der Waals surface area contributed by atoms with E-state index in [4.69, 9.17) is 10.3 Å². The third-order valence-corrected chi connectivity index (χ3v) is 5.06. The van der Waals surface area contributed by atoms with Crippen LogP contribution in [0.1, 0.15) is 18.1 Å². The van der Waals surface area contributed by atoms with Gasteiger partial charge in [0.2, 0.25) is 0 Å². The Labute approximate surface area is 176 Å². The van der Waals surface area contributed by atoms with Crippen LogP contribution in [0, 0.1) is 0 Å². The molecule has 3 aromatic carbocycles. The van der Waals surface area contributed by atoms with E-state index in [1.54, 1.807) is 6.92 Å². The van der Waals surface area contributed by atoms with Crippen LogP contribution in [-0.2, 0) is 14.9 Å². The number of hydrogen-bond acceptors (Lipinski definition) is 4. The van der Waals surface area contributed by atoms with E-state index in [0.29, 0.717) is 0 Å². The predicted octanol–water partition coefficient (Wildman–Crippen LogP) is 5.33. The fourth-order valence-corrected chi connectivity index (χ4v) is 3.70.